The van der Waals surface area contributed by atoms with Crippen molar-refractivity contribution in [3.63, 3.8) is 0 Å². The highest BCUT2D eigenvalue weighted by Crippen LogP contribution is 2.30. The van der Waals surface area contributed by atoms with Gasteiger partial charge in [-0.3, -0.25) is 0 Å². The summed E-state index contributed by atoms with van der Waals surface area (Å²) in [5.41, 5.74) is 1.54. The van der Waals surface area contributed by atoms with E-state index in [0.29, 0.717) is 5.56 Å². The standard InChI is InChI=1S/C16H25N2O2/c1-13-11-14(12-15(19)16(13)20)5-3-4-6-18-9-7-17(2)8-10-18/h11-12,19-20H,1,3-10H2,2H3. The summed E-state index contributed by atoms with van der Waals surface area (Å²) in [5, 5.41) is 19.0. The SMILES string of the molecule is [CH2]c1cc(CCCCN2CCN(C)CC2)cc(O)c1O. The highest BCUT2D eigenvalue weighted by Gasteiger charge is 2.12. The Balaban J connectivity index is 1.71. The van der Waals surface area contributed by atoms with Crippen LogP contribution in [-0.2, 0) is 6.42 Å². The smallest absolute Gasteiger partial charge is 0.160 e. The van der Waals surface area contributed by atoms with Gasteiger partial charge >= 0.3 is 0 Å². The van der Waals surface area contributed by atoms with E-state index < -0.39 is 0 Å². The summed E-state index contributed by atoms with van der Waals surface area (Å²) in [6.07, 6.45) is 3.18. The van der Waals surface area contributed by atoms with Crippen molar-refractivity contribution >= 4 is 0 Å². The number of aryl methyl sites for hydroxylation is 1. The van der Waals surface area contributed by atoms with Gasteiger partial charge in [-0.25, -0.2) is 0 Å². The number of hydrogen-bond acceptors (Lipinski definition) is 4. The van der Waals surface area contributed by atoms with Crippen LogP contribution >= 0.6 is 0 Å². The molecule has 1 saturated heterocycles. The number of nitrogens with zero attached hydrogens (tertiary/aromatic N) is 2. The van der Waals surface area contributed by atoms with Crippen LogP contribution < -0.4 is 0 Å². The fourth-order valence-corrected chi connectivity index (χ4v) is 2.62. The van der Waals surface area contributed by atoms with Gasteiger partial charge in [0.2, 0.25) is 0 Å². The summed E-state index contributed by atoms with van der Waals surface area (Å²) in [6.45, 7) is 9.53. The summed E-state index contributed by atoms with van der Waals surface area (Å²) >= 11 is 0. The average molecular weight is 277 g/mol. The number of hydrogen-bond donors (Lipinski definition) is 2. The van der Waals surface area contributed by atoms with Crippen LogP contribution in [0, 0.1) is 6.92 Å². The lowest BCUT2D eigenvalue weighted by atomic mass is 10.0. The number of likely N-dealkylation sites (N-methyl/N-ethyl adjacent to an activating group) is 1. The van der Waals surface area contributed by atoms with Gasteiger partial charge in [-0.1, -0.05) is 6.07 Å². The lowest BCUT2D eigenvalue weighted by Gasteiger charge is -2.32. The van der Waals surface area contributed by atoms with Crippen LogP contribution in [-0.4, -0.2) is 59.8 Å². The Morgan fingerprint density at radius 2 is 1.80 bits per heavy atom. The lowest BCUT2D eigenvalue weighted by molar-refractivity contribution is 0.152. The maximum Gasteiger partial charge on any atom is 0.160 e. The second-order valence-electron chi connectivity index (χ2n) is 5.72. The van der Waals surface area contributed by atoms with E-state index in [1.807, 2.05) is 6.07 Å². The summed E-state index contributed by atoms with van der Waals surface area (Å²) in [4.78, 5) is 4.88. The minimum absolute atomic E-state index is 0.0634. The van der Waals surface area contributed by atoms with Crippen LogP contribution in [0.15, 0.2) is 12.1 Å². The second kappa shape index (κ2) is 6.95. The molecule has 0 amide bonds. The lowest BCUT2D eigenvalue weighted by Crippen LogP contribution is -2.44. The van der Waals surface area contributed by atoms with Gasteiger partial charge in [0.05, 0.1) is 0 Å². The van der Waals surface area contributed by atoms with Crippen molar-refractivity contribution in [3.05, 3.63) is 30.2 Å². The van der Waals surface area contributed by atoms with Crippen LogP contribution in [0.5, 0.6) is 11.5 Å². The summed E-state index contributed by atoms with van der Waals surface area (Å²) in [7, 11) is 2.17. The largest absolute Gasteiger partial charge is 0.504 e. The van der Waals surface area contributed by atoms with Gasteiger partial charge in [0.25, 0.3) is 0 Å². The van der Waals surface area contributed by atoms with Crippen molar-refractivity contribution in [3.8, 4) is 11.5 Å². The molecule has 0 spiro atoms. The molecule has 111 valence electrons. The first-order valence-electron chi connectivity index (χ1n) is 7.34. The van der Waals surface area contributed by atoms with Gasteiger partial charge in [0.1, 0.15) is 0 Å². The van der Waals surface area contributed by atoms with Gasteiger partial charge in [-0.2, -0.15) is 0 Å². The van der Waals surface area contributed by atoms with Crippen LogP contribution in [0.3, 0.4) is 0 Å². The quantitative estimate of drug-likeness (QED) is 0.637. The van der Waals surface area contributed by atoms with Crippen molar-refractivity contribution in [1.29, 1.82) is 0 Å². The molecule has 0 saturated carbocycles. The van der Waals surface area contributed by atoms with E-state index in [0.717, 1.165) is 44.5 Å². The number of unbranched alkanes of at least 4 members (excludes halogenated alkanes) is 1. The predicted molar refractivity (Wildman–Crippen MR) is 81.1 cm³/mol. The number of benzene rings is 1. The second-order valence-corrected chi connectivity index (χ2v) is 5.72. The van der Waals surface area contributed by atoms with E-state index in [9.17, 15) is 10.2 Å². The molecule has 20 heavy (non-hydrogen) atoms. The van der Waals surface area contributed by atoms with E-state index in [4.69, 9.17) is 0 Å². The highest BCUT2D eigenvalue weighted by molar-refractivity contribution is 5.48. The first-order valence-corrected chi connectivity index (χ1v) is 7.34. The van der Waals surface area contributed by atoms with Gasteiger partial charge in [-0.15, -0.1) is 0 Å². The fourth-order valence-electron chi connectivity index (χ4n) is 2.62. The van der Waals surface area contributed by atoms with E-state index >= 15 is 0 Å². The van der Waals surface area contributed by atoms with Crippen molar-refractivity contribution in [1.82, 2.24) is 9.80 Å². The molecule has 2 rings (SSSR count). The van der Waals surface area contributed by atoms with Crippen molar-refractivity contribution in [2.45, 2.75) is 19.3 Å². The van der Waals surface area contributed by atoms with Gasteiger partial charge in [0.15, 0.2) is 11.5 Å². The molecule has 1 aliphatic heterocycles. The third-order valence-corrected chi connectivity index (χ3v) is 4.01. The van der Waals surface area contributed by atoms with E-state index in [-0.39, 0.29) is 11.5 Å². The van der Waals surface area contributed by atoms with Crippen LogP contribution in [0.25, 0.3) is 0 Å². The van der Waals surface area contributed by atoms with Gasteiger partial charge in [-0.05, 0) is 57.0 Å². The number of aromatic hydroxyl groups is 2. The number of phenols is 2. The minimum atomic E-state index is -0.105. The van der Waals surface area contributed by atoms with Crippen molar-refractivity contribution in [2.24, 2.45) is 0 Å². The molecule has 1 heterocycles. The molecule has 0 atom stereocenters. The molecule has 1 aromatic carbocycles. The number of piperazine rings is 1. The Kier molecular flexibility index (Phi) is 5.26. The van der Waals surface area contributed by atoms with Gasteiger partial charge in [0, 0.05) is 26.2 Å². The summed E-state index contributed by atoms with van der Waals surface area (Å²) < 4.78 is 0. The molecule has 4 heteroatoms. The Morgan fingerprint density at radius 3 is 2.45 bits per heavy atom. The zero-order valence-electron chi connectivity index (χ0n) is 12.3. The minimum Gasteiger partial charge on any atom is -0.504 e. The van der Waals surface area contributed by atoms with E-state index in [1.54, 1.807) is 6.07 Å². The van der Waals surface area contributed by atoms with E-state index in [1.165, 1.54) is 13.1 Å². The molecular weight excluding hydrogens is 252 g/mol. The predicted octanol–water partition coefficient (Wildman–Crippen LogP) is 1.85. The first kappa shape index (κ1) is 15.1. The third-order valence-electron chi connectivity index (χ3n) is 4.01. The topological polar surface area (TPSA) is 46.9 Å². The number of phenolic OH excluding ortho intramolecular Hbond substituents is 2. The molecule has 0 unspecified atom stereocenters. The molecule has 1 aliphatic rings. The fraction of sp³-hybridized carbons (Fsp3) is 0.562. The van der Waals surface area contributed by atoms with Crippen LogP contribution in [0.4, 0.5) is 0 Å². The molecule has 0 aromatic heterocycles. The molecular formula is C16H25N2O2. The summed E-state index contributed by atoms with van der Waals surface area (Å²) in [5.74, 6) is -0.169. The Morgan fingerprint density at radius 1 is 1.10 bits per heavy atom. The van der Waals surface area contributed by atoms with Crippen LogP contribution in [0.2, 0.25) is 0 Å². The van der Waals surface area contributed by atoms with Gasteiger partial charge < -0.3 is 20.0 Å². The monoisotopic (exact) mass is 277 g/mol. The zero-order valence-corrected chi connectivity index (χ0v) is 12.3. The maximum atomic E-state index is 9.56. The number of rotatable bonds is 5. The third kappa shape index (κ3) is 4.12. The first-order chi connectivity index (χ1) is 9.56. The van der Waals surface area contributed by atoms with E-state index in [2.05, 4.69) is 23.8 Å². The molecule has 1 fully saturated rings. The molecule has 0 aliphatic carbocycles. The molecule has 0 bridgehead atoms. The average Bonchev–Trinajstić information content (AvgIpc) is 2.43. The highest BCUT2D eigenvalue weighted by atomic mass is 16.3. The Bertz CT molecular complexity index is 417. The normalized spacial score (nSPS) is 17.5. The zero-order chi connectivity index (χ0) is 14.5. The Labute approximate surface area is 121 Å². The maximum absolute atomic E-state index is 9.56. The molecule has 1 aromatic rings. The molecule has 4 nitrogen and oxygen atoms in total. The van der Waals surface area contributed by atoms with Crippen LogP contribution in [0.1, 0.15) is 24.0 Å². The summed E-state index contributed by atoms with van der Waals surface area (Å²) in [6, 6.07) is 3.49. The Hall–Kier alpha value is -1.26. The van der Waals surface area contributed by atoms with Crippen molar-refractivity contribution < 1.29 is 10.2 Å². The molecule has 1 radical (unpaired) electrons. The molecule has 2 N–H and O–H groups in total. The van der Waals surface area contributed by atoms with Crippen molar-refractivity contribution in [2.75, 3.05) is 39.8 Å².